The van der Waals surface area contributed by atoms with E-state index in [1.165, 1.54) is 10.6 Å². The van der Waals surface area contributed by atoms with E-state index in [1.54, 1.807) is 0 Å². The maximum Gasteiger partial charge on any atom is 0.420 e. The zero-order valence-electron chi connectivity index (χ0n) is 17.9. The number of hydrogen-bond donors (Lipinski definition) is 0. The predicted octanol–water partition coefficient (Wildman–Crippen LogP) is 5.41. The van der Waals surface area contributed by atoms with Crippen molar-refractivity contribution in [2.24, 2.45) is 0 Å². The summed E-state index contributed by atoms with van der Waals surface area (Å²) in [5.74, 6) is -0.578. The number of halogens is 4. The van der Waals surface area contributed by atoms with Crippen LogP contribution in [0.25, 0.3) is 11.1 Å². The van der Waals surface area contributed by atoms with E-state index in [0.717, 1.165) is 70.4 Å². The van der Waals surface area contributed by atoms with Crippen LogP contribution in [0.5, 0.6) is 0 Å². The zero-order valence-corrected chi connectivity index (χ0v) is 18.7. The number of likely N-dealkylation sites (tertiary alicyclic amines) is 1. The number of nitrogens with zero attached hydrogens (tertiary/aromatic N) is 2. The standard InChI is InChI=1S/C22H29F3N2O3.ClH/c1-3-29-17-6-10-21(2,11-7-17)26-12-8-16(9-13-26)27-18-14-15(22(23,24)25)4-5-19(18)30-20(27)28;/h4-5,14,16-17H,3,6-13H2,1-2H3;1H/t17-,21-;. The Morgan fingerprint density at radius 3 is 2.39 bits per heavy atom. The van der Waals surface area contributed by atoms with Crippen molar-refractivity contribution < 1.29 is 22.3 Å². The van der Waals surface area contributed by atoms with E-state index in [2.05, 4.69) is 11.8 Å². The first-order valence-electron chi connectivity index (χ1n) is 10.8. The minimum absolute atomic E-state index is 0. The molecule has 0 atom stereocenters. The topological polar surface area (TPSA) is 47.6 Å². The molecule has 174 valence electrons. The zero-order chi connectivity index (χ0) is 21.5. The third-order valence-corrected chi connectivity index (χ3v) is 6.94. The first-order chi connectivity index (χ1) is 14.2. The average molecular weight is 463 g/mol. The van der Waals surface area contributed by atoms with E-state index in [4.69, 9.17) is 9.15 Å². The third kappa shape index (κ3) is 4.81. The molecule has 0 radical (unpaired) electrons. The second-order valence-corrected chi connectivity index (χ2v) is 8.79. The van der Waals surface area contributed by atoms with Crippen LogP contribution < -0.4 is 5.76 Å². The number of hydrogen-bond acceptors (Lipinski definition) is 4. The van der Waals surface area contributed by atoms with Crippen LogP contribution in [0.15, 0.2) is 27.4 Å². The second-order valence-electron chi connectivity index (χ2n) is 8.79. The third-order valence-electron chi connectivity index (χ3n) is 6.94. The highest BCUT2D eigenvalue weighted by molar-refractivity contribution is 5.85. The van der Waals surface area contributed by atoms with Crippen LogP contribution in [0.2, 0.25) is 0 Å². The van der Waals surface area contributed by atoms with Gasteiger partial charge in [0, 0.05) is 31.3 Å². The quantitative estimate of drug-likeness (QED) is 0.609. The smallest absolute Gasteiger partial charge is 0.408 e. The van der Waals surface area contributed by atoms with Crippen LogP contribution in [-0.4, -0.2) is 40.8 Å². The number of aromatic nitrogens is 1. The highest BCUT2D eigenvalue weighted by Gasteiger charge is 2.39. The minimum Gasteiger partial charge on any atom is -0.408 e. The Kier molecular flexibility index (Phi) is 7.13. The Morgan fingerprint density at radius 1 is 1.16 bits per heavy atom. The molecule has 0 bridgehead atoms. The van der Waals surface area contributed by atoms with Gasteiger partial charge in [-0.1, -0.05) is 0 Å². The molecule has 1 aliphatic carbocycles. The largest absolute Gasteiger partial charge is 0.420 e. The molecular formula is C22H30ClF3N2O3. The van der Waals surface area contributed by atoms with Crippen molar-refractivity contribution in [2.45, 2.75) is 76.2 Å². The van der Waals surface area contributed by atoms with Gasteiger partial charge in [-0.05, 0) is 70.6 Å². The summed E-state index contributed by atoms with van der Waals surface area (Å²) >= 11 is 0. The molecule has 1 aromatic carbocycles. The van der Waals surface area contributed by atoms with Crippen LogP contribution in [-0.2, 0) is 10.9 Å². The van der Waals surface area contributed by atoms with Gasteiger partial charge < -0.3 is 9.15 Å². The van der Waals surface area contributed by atoms with Gasteiger partial charge >= 0.3 is 11.9 Å². The molecule has 0 N–H and O–H groups in total. The van der Waals surface area contributed by atoms with Gasteiger partial charge in [0.15, 0.2) is 5.58 Å². The summed E-state index contributed by atoms with van der Waals surface area (Å²) in [6, 6.07) is 3.07. The number of rotatable bonds is 4. The van der Waals surface area contributed by atoms with Crippen LogP contribution in [0.4, 0.5) is 13.2 Å². The van der Waals surface area contributed by atoms with Crippen LogP contribution in [0.1, 0.15) is 64.0 Å². The number of alkyl halides is 3. The number of oxazole rings is 1. The number of ether oxygens (including phenoxy) is 1. The van der Waals surface area contributed by atoms with E-state index in [-0.39, 0.29) is 35.1 Å². The molecule has 2 fully saturated rings. The van der Waals surface area contributed by atoms with Gasteiger partial charge in [-0.3, -0.25) is 9.47 Å². The highest BCUT2D eigenvalue weighted by atomic mass is 35.5. The summed E-state index contributed by atoms with van der Waals surface area (Å²) in [6.45, 7) is 6.70. The lowest BCUT2D eigenvalue weighted by molar-refractivity contribution is -0.137. The molecule has 2 aliphatic rings. The molecule has 2 aromatic rings. The average Bonchev–Trinajstić information content (AvgIpc) is 3.04. The van der Waals surface area contributed by atoms with Crippen LogP contribution in [0, 0.1) is 0 Å². The molecule has 2 heterocycles. The van der Waals surface area contributed by atoms with Gasteiger partial charge in [0.1, 0.15) is 0 Å². The molecule has 1 saturated heterocycles. The van der Waals surface area contributed by atoms with E-state index in [1.807, 2.05) is 6.92 Å². The Hall–Kier alpha value is -1.51. The Bertz CT molecular complexity index is 940. The molecule has 1 saturated carbocycles. The molecule has 0 unspecified atom stereocenters. The lowest BCUT2D eigenvalue weighted by atomic mass is 9.79. The normalized spacial score (nSPS) is 26.2. The van der Waals surface area contributed by atoms with Crippen molar-refractivity contribution in [1.82, 2.24) is 9.47 Å². The Morgan fingerprint density at radius 2 is 1.81 bits per heavy atom. The summed E-state index contributed by atoms with van der Waals surface area (Å²) in [4.78, 5) is 14.9. The molecule has 31 heavy (non-hydrogen) atoms. The second kappa shape index (κ2) is 9.16. The number of piperidine rings is 1. The fourth-order valence-corrected chi connectivity index (χ4v) is 5.15. The SMILES string of the molecule is CCO[C@H]1CC[C@](C)(N2CCC(n3c(=O)oc4ccc(C(F)(F)F)cc43)CC2)CC1.Cl. The molecule has 0 spiro atoms. The van der Waals surface area contributed by atoms with E-state index in [9.17, 15) is 18.0 Å². The molecule has 1 aromatic heterocycles. The van der Waals surface area contributed by atoms with Crippen molar-refractivity contribution in [3.63, 3.8) is 0 Å². The molecule has 4 rings (SSSR count). The van der Waals surface area contributed by atoms with Crippen molar-refractivity contribution in [2.75, 3.05) is 19.7 Å². The van der Waals surface area contributed by atoms with Gasteiger partial charge in [0.25, 0.3) is 0 Å². The van der Waals surface area contributed by atoms with Crippen molar-refractivity contribution in [3.05, 3.63) is 34.3 Å². The fraction of sp³-hybridized carbons (Fsp3) is 0.682. The summed E-state index contributed by atoms with van der Waals surface area (Å²) in [5, 5.41) is 0. The summed E-state index contributed by atoms with van der Waals surface area (Å²) in [7, 11) is 0. The van der Waals surface area contributed by atoms with E-state index in [0.29, 0.717) is 6.10 Å². The summed E-state index contributed by atoms with van der Waals surface area (Å²) in [5.41, 5.74) is -0.209. The number of fused-ring (bicyclic) bond motifs is 1. The first kappa shape index (κ1) is 24.1. The monoisotopic (exact) mass is 462 g/mol. The van der Waals surface area contributed by atoms with Gasteiger partial charge in [0.2, 0.25) is 0 Å². The maximum absolute atomic E-state index is 13.1. The van der Waals surface area contributed by atoms with Gasteiger partial charge in [0.05, 0.1) is 17.2 Å². The molecule has 0 amide bonds. The highest BCUT2D eigenvalue weighted by Crippen LogP contribution is 2.38. The minimum atomic E-state index is -4.45. The Labute approximate surface area is 185 Å². The van der Waals surface area contributed by atoms with Crippen LogP contribution >= 0.6 is 12.4 Å². The van der Waals surface area contributed by atoms with Crippen molar-refractivity contribution >= 4 is 23.5 Å². The number of benzene rings is 1. The van der Waals surface area contributed by atoms with E-state index >= 15 is 0 Å². The fourth-order valence-electron chi connectivity index (χ4n) is 5.15. The van der Waals surface area contributed by atoms with Crippen molar-refractivity contribution in [3.8, 4) is 0 Å². The summed E-state index contributed by atoms with van der Waals surface area (Å²) < 4.78 is 51.8. The maximum atomic E-state index is 13.1. The molecule has 1 aliphatic heterocycles. The van der Waals surface area contributed by atoms with Crippen molar-refractivity contribution in [1.29, 1.82) is 0 Å². The van der Waals surface area contributed by atoms with Gasteiger partial charge in [-0.25, -0.2) is 4.79 Å². The van der Waals surface area contributed by atoms with Gasteiger partial charge in [-0.15, -0.1) is 12.4 Å². The Balaban J connectivity index is 0.00000272. The van der Waals surface area contributed by atoms with Gasteiger partial charge in [-0.2, -0.15) is 13.2 Å². The lowest BCUT2D eigenvalue weighted by Gasteiger charge is -2.48. The predicted molar refractivity (Wildman–Crippen MR) is 115 cm³/mol. The van der Waals surface area contributed by atoms with Crippen LogP contribution in [0.3, 0.4) is 0 Å². The lowest BCUT2D eigenvalue weighted by Crippen LogP contribution is -2.52. The van der Waals surface area contributed by atoms with E-state index < -0.39 is 17.5 Å². The molecular weight excluding hydrogens is 433 g/mol. The molecule has 5 nitrogen and oxygen atoms in total. The molecule has 9 heteroatoms. The summed E-state index contributed by atoms with van der Waals surface area (Å²) in [6.07, 6.45) is 1.58. The first-order valence-corrected chi connectivity index (χ1v) is 10.8.